The number of carbonyl (C=O) groups excluding carboxylic acids is 16. The molecule has 0 unspecified atom stereocenters. The molecule has 720 valence electrons. The van der Waals surface area contributed by atoms with Crippen molar-refractivity contribution < 1.29 is 91.7 Å². The highest BCUT2D eigenvalue weighted by atomic mass is 35.5. The van der Waals surface area contributed by atoms with E-state index in [1.54, 1.807) is 107 Å². The van der Waals surface area contributed by atoms with Crippen molar-refractivity contribution >= 4 is 134 Å². The molecule has 0 radical (unpaired) electrons. The molecule has 40 heteroatoms. The van der Waals surface area contributed by atoms with Gasteiger partial charge in [0, 0.05) is 112 Å². The fraction of sp³-hybridized carbons (Fsp3) is 0.576. The molecule has 0 aliphatic carbocycles. The lowest BCUT2D eigenvalue weighted by Crippen LogP contribution is -2.62. The summed E-state index contributed by atoms with van der Waals surface area (Å²) >= 11 is 6.28. The molecule has 0 saturated carbocycles. The summed E-state index contributed by atoms with van der Waals surface area (Å²) in [7, 11) is 2.75. The summed E-state index contributed by atoms with van der Waals surface area (Å²) in [6, 6.07) is -0.312. The molecule has 15 atom stereocenters. The summed E-state index contributed by atoms with van der Waals surface area (Å²) in [5.74, 6) is -15.8. The predicted octanol–water partition coefficient (Wildman–Crippen LogP) is 0.564. The molecule has 39 nitrogen and oxygen atoms in total. The summed E-state index contributed by atoms with van der Waals surface area (Å²) in [5, 5.41) is 47.7. The van der Waals surface area contributed by atoms with Gasteiger partial charge in [0.15, 0.2) is 0 Å². The third-order valence-corrected chi connectivity index (χ3v) is 25.1. The van der Waals surface area contributed by atoms with Gasteiger partial charge in [-0.2, -0.15) is 0 Å². The number of carbonyl (C=O) groups is 17. The van der Waals surface area contributed by atoms with Gasteiger partial charge in [0.25, 0.3) is 0 Å². The van der Waals surface area contributed by atoms with E-state index in [9.17, 15) is 53.4 Å². The van der Waals surface area contributed by atoms with Crippen molar-refractivity contribution in [2.24, 2.45) is 34.8 Å². The van der Waals surface area contributed by atoms with Crippen LogP contribution in [0.4, 0.5) is 0 Å². The minimum Gasteiger partial charge on any atom is -0.480 e. The number of carboxylic acid groups (broad SMARTS) is 1. The number of aliphatic hydroxyl groups is 1. The Labute approximate surface area is 772 Å². The van der Waals surface area contributed by atoms with E-state index >= 15 is 38.4 Å². The number of para-hydroxylation sites is 2. The second kappa shape index (κ2) is 48.9. The molecule has 20 N–H and O–H groups in total. The van der Waals surface area contributed by atoms with Crippen molar-refractivity contribution in [2.75, 3.05) is 46.8 Å². The number of aromatic amines is 1. The van der Waals surface area contributed by atoms with Crippen LogP contribution in [0.1, 0.15) is 180 Å². The first-order valence-corrected chi connectivity index (χ1v) is 46.1. The fourth-order valence-corrected chi connectivity index (χ4v) is 18.0. The largest absolute Gasteiger partial charge is 0.480 e. The van der Waals surface area contributed by atoms with Crippen molar-refractivity contribution in [3.8, 4) is 0 Å². The van der Waals surface area contributed by atoms with Gasteiger partial charge in [0.1, 0.15) is 91.1 Å². The molecule has 4 fully saturated rings. The van der Waals surface area contributed by atoms with Gasteiger partial charge in [-0.05, 0) is 136 Å². The number of hydrogen-bond acceptors (Lipinski definition) is 20. The number of aliphatic hydroxyl groups excluding tert-OH is 1. The molecule has 4 saturated heterocycles. The average molecular weight is 1860 g/mol. The van der Waals surface area contributed by atoms with Crippen LogP contribution >= 0.6 is 11.6 Å². The number of piperidine rings is 1. The SMILES string of the molecule is CCCC[C@H]1C(=O)N(C)[C@@H](CCCC)C(=O)N[C@@H](CC(C)C)C(=O)N[C@H](C(N)=O)CCCC(=O)N[C@@H](Cc2ccc(Cl)cc2)C(=O)N2CCCC[C@H]2C(=O)N[C@@H](CC(N)=O)C(=O)N2CCC[C@H]2C(=O)N[C@@H](CN)C(=O)N[C@@H](CC(C)C)C(=O)N2C[C@H](O)C[C@H]2C(=O)N[C@@H](Cc2c[nH]c3ccccc23)C(=O)N[C@@H](CCN)C(=O)N[C@@H](Cc2cn(CC(=O)O)c3ccccc23)C(=O)N1C. The van der Waals surface area contributed by atoms with Crippen molar-refractivity contribution in [1.82, 2.24) is 81.9 Å². The smallest absolute Gasteiger partial charge is 0.323 e. The van der Waals surface area contributed by atoms with Crippen LogP contribution in [0, 0.1) is 11.8 Å². The second-order valence-electron chi connectivity index (χ2n) is 35.8. The zero-order chi connectivity index (χ0) is 96.5. The fourth-order valence-electron chi connectivity index (χ4n) is 17.9. The van der Waals surface area contributed by atoms with Gasteiger partial charge in [-0.1, -0.05) is 127 Å². The molecular formula is C92H131ClN20O19. The molecule has 2 aromatic heterocycles. The minimum absolute atomic E-state index is 0.000486. The molecule has 4 aliphatic rings. The zero-order valence-electron chi connectivity index (χ0n) is 76.4. The van der Waals surface area contributed by atoms with Crippen LogP contribution in [0.5, 0.6) is 0 Å². The Morgan fingerprint density at radius 1 is 0.500 bits per heavy atom. The predicted molar refractivity (Wildman–Crippen MR) is 489 cm³/mol. The number of aliphatic carboxylic acids is 1. The third kappa shape index (κ3) is 27.8. The summed E-state index contributed by atoms with van der Waals surface area (Å²) in [6.45, 7) is 8.93. The van der Waals surface area contributed by atoms with E-state index in [-0.39, 0.29) is 128 Å². The maximum absolute atomic E-state index is 15.9. The molecule has 0 bridgehead atoms. The molecule has 9 rings (SSSR count). The highest BCUT2D eigenvalue weighted by Gasteiger charge is 2.47. The number of benzene rings is 3. The van der Waals surface area contributed by atoms with E-state index < -0.39 is 217 Å². The van der Waals surface area contributed by atoms with Gasteiger partial charge in [-0.15, -0.1) is 0 Å². The number of primary amides is 2. The van der Waals surface area contributed by atoms with Gasteiger partial charge in [0.05, 0.1) is 12.5 Å². The number of rotatable bonds is 24. The number of likely N-dealkylation sites (N-methyl/N-ethyl adjacent to an activating group) is 2. The van der Waals surface area contributed by atoms with E-state index in [2.05, 4.69) is 52.8 Å². The number of halogens is 1. The lowest BCUT2D eigenvalue weighted by atomic mass is 9.97. The van der Waals surface area contributed by atoms with Crippen molar-refractivity contribution in [2.45, 2.75) is 280 Å². The second-order valence-corrected chi connectivity index (χ2v) is 36.2. The number of amides is 16. The Kier molecular flexibility index (Phi) is 38.4. The van der Waals surface area contributed by atoms with E-state index in [1.165, 1.54) is 34.7 Å². The molecule has 16 amide bonds. The number of fused-ring (bicyclic) bond motifs is 5. The summed E-state index contributed by atoms with van der Waals surface area (Å²) in [5.41, 5.74) is 26.8. The Morgan fingerprint density at radius 3 is 1.66 bits per heavy atom. The minimum atomic E-state index is -1.71. The maximum Gasteiger partial charge on any atom is 0.323 e. The maximum atomic E-state index is 15.9. The number of hydrogen-bond donors (Lipinski definition) is 16. The zero-order valence-corrected chi connectivity index (χ0v) is 77.2. The lowest BCUT2D eigenvalue weighted by molar-refractivity contribution is -0.149. The first kappa shape index (κ1) is 104. The van der Waals surface area contributed by atoms with Crippen molar-refractivity contribution in [3.05, 3.63) is 107 Å². The van der Waals surface area contributed by atoms with Gasteiger partial charge < -0.3 is 115 Å². The number of H-pyrrole nitrogens is 1. The number of nitrogens with zero attached hydrogens (tertiary/aromatic N) is 6. The summed E-state index contributed by atoms with van der Waals surface area (Å²) in [4.78, 5) is 259. The van der Waals surface area contributed by atoms with Crippen LogP contribution in [0.2, 0.25) is 5.02 Å². The van der Waals surface area contributed by atoms with Crippen LogP contribution in [-0.2, 0) is 107 Å². The molecule has 132 heavy (non-hydrogen) atoms. The Balaban J connectivity index is 1.09. The van der Waals surface area contributed by atoms with Crippen molar-refractivity contribution in [3.63, 3.8) is 0 Å². The normalized spacial score (nSPS) is 25.7. The number of carboxylic acids is 1. The Hall–Kier alpha value is -12.1. The van der Waals surface area contributed by atoms with Gasteiger partial charge in [-0.25, -0.2) is 0 Å². The molecule has 6 heterocycles. The van der Waals surface area contributed by atoms with Gasteiger partial charge in [0.2, 0.25) is 94.5 Å². The highest BCUT2D eigenvalue weighted by molar-refractivity contribution is 6.30. The Bertz CT molecular complexity index is 4970. The quantitative estimate of drug-likeness (QED) is 0.0401. The van der Waals surface area contributed by atoms with E-state index in [0.29, 0.717) is 82.0 Å². The first-order valence-electron chi connectivity index (χ1n) is 45.8. The van der Waals surface area contributed by atoms with Crippen LogP contribution in [-0.4, -0.2) is 282 Å². The first-order chi connectivity index (χ1) is 62.8. The number of aromatic nitrogens is 2. The molecular weight excluding hydrogens is 1720 g/mol. The topological polar surface area (TPSA) is 580 Å². The van der Waals surface area contributed by atoms with Crippen molar-refractivity contribution in [1.29, 1.82) is 0 Å². The highest BCUT2D eigenvalue weighted by Crippen LogP contribution is 2.30. The average Bonchev–Trinajstić information content (AvgIpc) is 1.63. The van der Waals surface area contributed by atoms with E-state index in [4.69, 9.17) is 34.5 Å². The lowest BCUT2D eigenvalue weighted by Gasteiger charge is -2.38. The van der Waals surface area contributed by atoms with E-state index in [0.717, 1.165) is 14.7 Å². The van der Waals surface area contributed by atoms with Crippen LogP contribution in [0.15, 0.2) is 85.2 Å². The number of unbranched alkanes of at least 4 members (excludes halogenated alkanes) is 2. The standard InChI is InChI=1S/C92H131ClN20O19/c1-9-11-25-71-84(124)102-63(39-51(3)4)81(121)100-61(79(97)119)24-19-30-77(116)99-66(41-53-31-33-56(93)34-32-53)89(129)111-37-18-17-28-72(111)85(125)106-68(45-76(96)115)90(130)112-38-20-29-73(112)86(126)107-69(46-95)83(123)104-65(40-52(5)6)91(131)113-49-57(114)44-75(113)87(127)103-64(42-54-47-98-60-23-15-13-21-58(54)60)82(122)101-62(35-36-94)80(120)105-67(88(128)109(8)74(26-12-10-2)92(132)108(71)7)43-55-48-110(50-78(117)118)70-27-16-14-22-59(55)70/h13-16,21-23,27,31-34,47-48,51-52,57,61-69,71-75,98,114H,9-12,17-20,24-26,28-30,35-46,49-50,94-95H2,1-8H3,(H2,96,115)(H2,97,119)(H,99,116)(H,100,121)(H,101,122)(H,102,124)(H,103,127)(H,104,123)(H,105,120)(H,106,125)(H,107,126)(H,117,118)/t57-,61+,62+,63+,64+,65+,66+,67+,68+,69+,71+,72+,73+,74+,75+/m1/s1. The monoisotopic (exact) mass is 1850 g/mol. The summed E-state index contributed by atoms with van der Waals surface area (Å²) < 4.78 is 1.46. The van der Waals surface area contributed by atoms with Crippen LogP contribution in [0.25, 0.3) is 21.8 Å². The number of nitrogens with one attached hydrogen (secondary N) is 10. The molecule has 0 spiro atoms. The summed E-state index contributed by atoms with van der Waals surface area (Å²) in [6.07, 6.45) is 1.78. The third-order valence-electron chi connectivity index (χ3n) is 24.8. The van der Waals surface area contributed by atoms with Gasteiger partial charge in [-0.3, -0.25) is 81.5 Å². The molecule has 4 aliphatic heterocycles. The van der Waals surface area contributed by atoms with Crippen LogP contribution < -0.4 is 70.8 Å². The number of nitrogens with two attached hydrogens (primary N) is 4. The molecule has 3 aromatic carbocycles. The van der Waals surface area contributed by atoms with Gasteiger partial charge >= 0.3 is 5.97 Å². The van der Waals surface area contributed by atoms with Crippen LogP contribution in [0.3, 0.4) is 0 Å². The van der Waals surface area contributed by atoms with E-state index in [1.807, 2.05) is 13.8 Å². The molecule has 5 aromatic rings. The Morgan fingerprint density at radius 2 is 1.02 bits per heavy atom.